The largest absolute Gasteiger partial charge is 0.329 e. The first-order valence-electron chi connectivity index (χ1n) is 4.17. The molecule has 0 aliphatic carbocycles. The second kappa shape index (κ2) is 5.22. The first kappa shape index (κ1) is 12.4. The average molecular weight is 201 g/mol. The van der Waals surface area contributed by atoms with Gasteiger partial charge in [0.1, 0.15) is 0 Å². The van der Waals surface area contributed by atoms with Gasteiger partial charge in [-0.15, -0.1) is 12.4 Å². The molecule has 1 aromatic rings. The summed E-state index contributed by atoms with van der Waals surface area (Å²) in [6, 6.07) is 6.28. The molecule has 0 heterocycles. The molecule has 1 rings (SSSR count). The van der Waals surface area contributed by atoms with Crippen LogP contribution in [0.2, 0.25) is 0 Å². The van der Waals surface area contributed by atoms with Crippen molar-refractivity contribution in [3.63, 3.8) is 0 Å². The summed E-state index contributed by atoms with van der Waals surface area (Å²) < 4.78 is 0. The van der Waals surface area contributed by atoms with Crippen LogP contribution in [-0.4, -0.2) is 6.54 Å². The molecule has 13 heavy (non-hydrogen) atoms. The molecule has 0 unspecified atom stereocenters. The van der Waals surface area contributed by atoms with Crippen molar-refractivity contribution in [2.24, 2.45) is 11.5 Å². The fourth-order valence-electron chi connectivity index (χ4n) is 1.36. The molecule has 0 aliphatic heterocycles. The van der Waals surface area contributed by atoms with E-state index >= 15 is 0 Å². The van der Waals surface area contributed by atoms with Crippen LogP contribution in [0.25, 0.3) is 0 Å². The molecule has 0 amide bonds. The number of rotatable bonds is 2. The Morgan fingerprint density at radius 2 is 1.62 bits per heavy atom. The lowest BCUT2D eigenvalue weighted by Gasteiger charge is -2.10. The van der Waals surface area contributed by atoms with Crippen LogP contribution in [0.3, 0.4) is 0 Å². The molecule has 74 valence electrons. The van der Waals surface area contributed by atoms with E-state index in [9.17, 15) is 0 Å². The lowest BCUT2D eigenvalue weighted by Crippen LogP contribution is -2.20. The quantitative estimate of drug-likeness (QED) is 0.764. The van der Waals surface area contributed by atoms with Crippen LogP contribution in [0.4, 0.5) is 0 Å². The molecule has 0 fully saturated rings. The van der Waals surface area contributed by atoms with Gasteiger partial charge < -0.3 is 11.5 Å². The monoisotopic (exact) mass is 200 g/mol. The minimum absolute atomic E-state index is 0. The van der Waals surface area contributed by atoms with E-state index in [1.165, 1.54) is 11.1 Å². The predicted molar refractivity (Wildman–Crippen MR) is 59.1 cm³/mol. The summed E-state index contributed by atoms with van der Waals surface area (Å²) in [5.74, 6) is 0. The van der Waals surface area contributed by atoms with Gasteiger partial charge in [-0.1, -0.05) is 29.3 Å². The van der Waals surface area contributed by atoms with Crippen molar-refractivity contribution >= 4 is 12.4 Å². The Labute approximate surface area is 85.7 Å². The number of benzene rings is 1. The van der Waals surface area contributed by atoms with E-state index in [0.717, 1.165) is 5.56 Å². The fourth-order valence-corrected chi connectivity index (χ4v) is 1.36. The SMILES string of the molecule is Cc1cc(C)cc([C@@H](N)CN)c1.Cl. The minimum Gasteiger partial charge on any atom is -0.329 e. The van der Waals surface area contributed by atoms with Gasteiger partial charge in [0, 0.05) is 12.6 Å². The molecule has 0 saturated heterocycles. The van der Waals surface area contributed by atoms with Gasteiger partial charge >= 0.3 is 0 Å². The Bertz CT molecular complexity index is 253. The lowest BCUT2D eigenvalue weighted by molar-refractivity contribution is 0.735. The third kappa shape index (κ3) is 3.35. The fraction of sp³-hybridized carbons (Fsp3) is 0.400. The van der Waals surface area contributed by atoms with E-state index in [1.54, 1.807) is 0 Å². The maximum absolute atomic E-state index is 5.81. The van der Waals surface area contributed by atoms with E-state index in [0.29, 0.717) is 6.54 Å². The maximum Gasteiger partial charge on any atom is 0.0419 e. The molecule has 4 N–H and O–H groups in total. The topological polar surface area (TPSA) is 52.0 Å². The molecule has 0 aromatic heterocycles. The van der Waals surface area contributed by atoms with Gasteiger partial charge in [0.05, 0.1) is 0 Å². The standard InChI is InChI=1S/C10H16N2.ClH/c1-7-3-8(2)5-9(4-7)10(12)6-11;/h3-5,10H,6,11-12H2,1-2H3;1H/t10-;/m0./s1. The van der Waals surface area contributed by atoms with Crippen LogP contribution in [0.1, 0.15) is 22.7 Å². The number of nitrogens with two attached hydrogens (primary N) is 2. The second-order valence-electron chi connectivity index (χ2n) is 3.26. The highest BCUT2D eigenvalue weighted by Gasteiger charge is 2.03. The Morgan fingerprint density at radius 3 is 2.00 bits per heavy atom. The van der Waals surface area contributed by atoms with Gasteiger partial charge in [-0.2, -0.15) is 0 Å². The number of aryl methyl sites for hydroxylation is 2. The van der Waals surface area contributed by atoms with E-state index in [2.05, 4.69) is 32.0 Å². The minimum atomic E-state index is -0.0244. The molecule has 2 nitrogen and oxygen atoms in total. The zero-order chi connectivity index (χ0) is 9.14. The highest BCUT2D eigenvalue weighted by molar-refractivity contribution is 5.85. The van der Waals surface area contributed by atoms with Crippen LogP contribution in [0, 0.1) is 13.8 Å². The summed E-state index contributed by atoms with van der Waals surface area (Å²) in [5.41, 5.74) is 14.9. The first-order chi connectivity index (χ1) is 5.63. The molecule has 0 spiro atoms. The Kier molecular flexibility index (Phi) is 4.99. The van der Waals surface area contributed by atoms with Crippen molar-refractivity contribution in [1.82, 2.24) is 0 Å². The zero-order valence-electron chi connectivity index (χ0n) is 8.08. The Hall–Kier alpha value is -0.570. The Morgan fingerprint density at radius 1 is 1.15 bits per heavy atom. The van der Waals surface area contributed by atoms with Gasteiger partial charge in [0.15, 0.2) is 0 Å². The van der Waals surface area contributed by atoms with E-state index in [4.69, 9.17) is 11.5 Å². The first-order valence-corrected chi connectivity index (χ1v) is 4.17. The van der Waals surface area contributed by atoms with E-state index in [-0.39, 0.29) is 18.4 Å². The third-order valence-electron chi connectivity index (χ3n) is 1.93. The van der Waals surface area contributed by atoms with E-state index in [1.807, 2.05) is 0 Å². The summed E-state index contributed by atoms with van der Waals surface area (Å²) in [7, 11) is 0. The van der Waals surface area contributed by atoms with Crippen LogP contribution < -0.4 is 11.5 Å². The number of hydrogen-bond acceptors (Lipinski definition) is 2. The molecule has 0 bridgehead atoms. The van der Waals surface area contributed by atoms with Gasteiger partial charge in [-0.25, -0.2) is 0 Å². The summed E-state index contributed by atoms with van der Waals surface area (Å²) in [5, 5.41) is 0. The summed E-state index contributed by atoms with van der Waals surface area (Å²) in [6.07, 6.45) is 0. The van der Waals surface area contributed by atoms with Crippen molar-refractivity contribution in [1.29, 1.82) is 0 Å². The van der Waals surface area contributed by atoms with Crippen LogP contribution in [0.5, 0.6) is 0 Å². The molecule has 3 heteroatoms. The van der Waals surface area contributed by atoms with Gasteiger partial charge in [-0.05, 0) is 19.4 Å². The van der Waals surface area contributed by atoms with Crippen LogP contribution in [0.15, 0.2) is 18.2 Å². The Balaban J connectivity index is 0.00000144. The highest BCUT2D eigenvalue weighted by Crippen LogP contribution is 2.13. The van der Waals surface area contributed by atoms with Gasteiger partial charge in [-0.3, -0.25) is 0 Å². The summed E-state index contributed by atoms with van der Waals surface area (Å²) in [6.45, 7) is 4.64. The summed E-state index contributed by atoms with van der Waals surface area (Å²) in [4.78, 5) is 0. The van der Waals surface area contributed by atoms with E-state index < -0.39 is 0 Å². The lowest BCUT2D eigenvalue weighted by atomic mass is 10.0. The van der Waals surface area contributed by atoms with Gasteiger partial charge in [0.25, 0.3) is 0 Å². The predicted octanol–water partition coefficient (Wildman–Crippen LogP) is 1.68. The smallest absolute Gasteiger partial charge is 0.0419 e. The highest BCUT2D eigenvalue weighted by atomic mass is 35.5. The van der Waals surface area contributed by atoms with Crippen molar-refractivity contribution in [2.45, 2.75) is 19.9 Å². The summed E-state index contributed by atoms with van der Waals surface area (Å²) >= 11 is 0. The molecule has 0 saturated carbocycles. The van der Waals surface area contributed by atoms with Crippen LogP contribution >= 0.6 is 12.4 Å². The molecular weight excluding hydrogens is 184 g/mol. The van der Waals surface area contributed by atoms with Crippen molar-refractivity contribution in [2.75, 3.05) is 6.54 Å². The molecular formula is C10H17ClN2. The molecule has 0 aliphatic rings. The van der Waals surface area contributed by atoms with Crippen LogP contribution in [-0.2, 0) is 0 Å². The molecule has 0 radical (unpaired) electrons. The zero-order valence-corrected chi connectivity index (χ0v) is 8.90. The number of hydrogen-bond donors (Lipinski definition) is 2. The molecule has 1 atom stereocenters. The normalized spacial score (nSPS) is 12.0. The third-order valence-corrected chi connectivity index (χ3v) is 1.93. The van der Waals surface area contributed by atoms with Crippen molar-refractivity contribution < 1.29 is 0 Å². The maximum atomic E-state index is 5.81. The second-order valence-corrected chi connectivity index (χ2v) is 3.26. The van der Waals surface area contributed by atoms with Crippen molar-refractivity contribution in [3.05, 3.63) is 34.9 Å². The van der Waals surface area contributed by atoms with Crippen molar-refractivity contribution in [3.8, 4) is 0 Å². The number of halogens is 1. The average Bonchev–Trinajstić information content (AvgIpc) is 2.01. The molecule has 1 aromatic carbocycles. The van der Waals surface area contributed by atoms with Gasteiger partial charge in [0.2, 0.25) is 0 Å².